The summed E-state index contributed by atoms with van der Waals surface area (Å²) in [4.78, 5) is 35.8. The number of rotatable bonds is 4. The Labute approximate surface area is 117 Å². The molecule has 20 heavy (non-hydrogen) atoms. The highest BCUT2D eigenvalue weighted by Gasteiger charge is 2.22. The Balaban J connectivity index is 1.93. The van der Waals surface area contributed by atoms with Crippen LogP contribution in [0.3, 0.4) is 0 Å². The zero-order chi connectivity index (χ0) is 14.5. The van der Waals surface area contributed by atoms with Crippen molar-refractivity contribution in [3.63, 3.8) is 0 Å². The summed E-state index contributed by atoms with van der Waals surface area (Å²) in [6.45, 7) is 2.13. The second-order valence-corrected chi connectivity index (χ2v) is 4.73. The molecule has 0 radical (unpaired) electrons. The molecule has 1 aliphatic rings. The van der Waals surface area contributed by atoms with E-state index in [0.717, 1.165) is 6.42 Å². The van der Waals surface area contributed by atoms with Crippen molar-refractivity contribution in [2.75, 3.05) is 23.7 Å². The maximum atomic E-state index is 11.9. The SMILES string of the molecule is CC(=O)Nc1cccc(NC(=O)CN2CCCC2=O)c1. The molecule has 0 bridgehead atoms. The lowest BCUT2D eigenvalue weighted by Gasteiger charge is -2.15. The zero-order valence-electron chi connectivity index (χ0n) is 11.3. The highest BCUT2D eigenvalue weighted by Crippen LogP contribution is 2.15. The van der Waals surface area contributed by atoms with Gasteiger partial charge in [0.05, 0.1) is 6.54 Å². The van der Waals surface area contributed by atoms with Crippen molar-refractivity contribution in [2.24, 2.45) is 0 Å². The van der Waals surface area contributed by atoms with E-state index in [0.29, 0.717) is 24.3 Å². The molecular weight excluding hydrogens is 258 g/mol. The molecule has 1 aromatic carbocycles. The Morgan fingerprint density at radius 3 is 2.55 bits per heavy atom. The molecule has 0 aromatic heterocycles. The molecule has 3 amide bonds. The van der Waals surface area contributed by atoms with Crippen LogP contribution >= 0.6 is 0 Å². The van der Waals surface area contributed by atoms with Crippen molar-refractivity contribution in [3.8, 4) is 0 Å². The number of carbonyl (C=O) groups is 3. The zero-order valence-corrected chi connectivity index (χ0v) is 11.3. The van der Waals surface area contributed by atoms with Gasteiger partial charge in [0, 0.05) is 31.3 Å². The summed E-state index contributed by atoms with van der Waals surface area (Å²) in [7, 11) is 0. The lowest BCUT2D eigenvalue weighted by molar-refractivity contribution is -0.131. The number of likely N-dealkylation sites (tertiary alicyclic amines) is 1. The Kier molecular flexibility index (Phi) is 4.34. The predicted octanol–water partition coefficient (Wildman–Crippen LogP) is 1.21. The number of nitrogens with zero attached hydrogens (tertiary/aromatic N) is 1. The van der Waals surface area contributed by atoms with Gasteiger partial charge in [-0.15, -0.1) is 0 Å². The van der Waals surface area contributed by atoms with Gasteiger partial charge in [-0.3, -0.25) is 14.4 Å². The van der Waals surface area contributed by atoms with Crippen molar-refractivity contribution in [1.82, 2.24) is 4.90 Å². The van der Waals surface area contributed by atoms with E-state index in [-0.39, 0.29) is 24.3 Å². The minimum atomic E-state index is -0.236. The van der Waals surface area contributed by atoms with Gasteiger partial charge in [-0.1, -0.05) is 6.07 Å². The molecule has 0 saturated carbocycles. The van der Waals surface area contributed by atoms with Gasteiger partial charge in [-0.2, -0.15) is 0 Å². The van der Waals surface area contributed by atoms with Crippen LogP contribution in [0.15, 0.2) is 24.3 Å². The largest absolute Gasteiger partial charge is 0.333 e. The van der Waals surface area contributed by atoms with Crippen LogP contribution in [0.2, 0.25) is 0 Å². The van der Waals surface area contributed by atoms with E-state index >= 15 is 0 Å². The lowest BCUT2D eigenvalue weighted by Crippen LogP contribution is -2.33. The number of nitrogens with one attached hydrogen (secondary N) is 2. The number of hydrogen-bond acceptors (Lipinski definition) is 3. The van der Waals surface area contributed by atoms with E-state index in [4.69, 9.17) is 0 Å². The molecular formula is C14H17N3O3. The Morgan fingerprint density at radius 2 is 1.95 bits per heavy atom. The monoisotopic (exact) mass is 275 g/mol. The summed E-state index contributed by atoms with van der Waals surface area (Å²) in [6, 6.07) is 6.88. The quantitative estimate of drug-likeness (QED) is 0.866. The molecule has 0 unspecified atom stereocenters. The van der Waals surface area contributed by atoms with Crippen molar-refractivity contribution >= 4 is 29.1 Å². The molecule has 6 nitrogen and oxygen atoms in total. The van der Waals surface area contributed by atoms with Gasteiger partial charge in [0.2, 0.25) is 17.7 Å². The fraction of sp³-hybridized carbons (Fsp3) is 0.357. The Hall–Kier alpha value is -2.37. The van der Waals surface area contributed by atoms with Gasteiger partial charge < -0.3 is 15.5 Å². The van der Waals surface area contributed by atoms with E-state index in [1.807, 2.05) is 0 Å². The summed E-state index contributed by atoms with van der Waals surface area (Å²) < 4.78 is 0. The first-order valence-corrected chi connectivity index (χ1v) is 6.50. The fourth-order valence-electron chi connectivity index (χ4n) is 2.12. The molecule has 0 spiro atoms. The van der Waals surface area contributed by atoms with Crippen molar-refractivity contribution < 1.29 is 14.4 Å². The third kappa shape index (κ3) is 3.81. The van der Waals surface area contributed by atoms with Crippen LogP contribution in [-0.2, 0) is 14.4 Å². The minimum absolute atomic E-state index is 0.0205. The summed E-state index contributed by atoms with van der Waals surface area (Å²) in [6.07, 6.45) is 1.33. The van der Waals surface area contributed by atoms with E-state index in [1.54, 1.807) is 29.2 Å². The molecule has 0 aliphatic carbocycles. The average molecular weight is 275 g/mol. The van der Waals surface area contributed by atoms with Crippen LogP contribution in [0.1, 0.15) is 19.8 Å². The molecule has 1 saturated heterocycles. The Bertz CT molecular complexity index is 542. The first-order chi connectivity index (χ1) is 9.54. The number of carbonyl (C=O) groups excluding carboxylic acids is 3. The third-order valence-electron chi connectivity index (χ3n) is 2.97. The molecule has 1 aliphatic heterocycles. The van der Waals surface area contributed by atoms with E-state index in [2.05, 4.69) is 10.6 Å². The van der Waals surface area contributed by atoms with Crippen molar-refractivity contribution in [2.45, 2.75) is 19.8 Å². The normalized spacial score (nSPS) is 14.2. The number of anilines is 2. The van der Waals surface area contributed by atoms with Gasteiger partial charge in [0.15, 0.2) is 0 Å². The molecule has 1 aromatic rings. The highest BCUT2D eigenvalue weighted by atomic mass is 16.2. The van der Waals surface area contributed by atoms with E-state index in [1.165, 1.54) is 6.92 Å². The first-order valence-electron chi connectivity index (χ1n) is 6.50. The smallest absolute Gasteiger partial charge is 0.243 e. The van der Waals surface area contributed by atoms with E-state index in [9.17, 15) is 14.4 Å². The molecule has 1 heterocycles. The van der Waals surface area contributed by atoms with Gasteiger partial charge in [-0.05, 0) is 24.6 Å². The second kappa shape index (κ2) is 6.18. The van der Waals surface area contributed by atoms with Gasteiger partial charge >= 0.3 is 0 Å². The van der Waals surface area contributed by atoms with Gasteiger partial charge in [-0.25, -0.2) is 0 Å². The van der Waals surface area contributed by atoms with Crippen LogP contribution in [0.4, 0.5) is 11.4 Å². The molecule has 2 rings (SSSR count). The summed E-state index contributed by atoms with van der Waals surface area (Å²) in [5, 5.41) is 5.36. The standard InChI is InChI=1S/C14H17N3O3/c1-10(18)15-11-4-2-5-12(8-11)16-13(19)9-17-7-3-6-14(17)20/h2,4-5,8H,3,6-7,9H2,1H3,(H,15,18)(H,16,19). The Morgan fingerprint density at radius 1 is 1.25 bits per heavy atom. The number of amides is 3. The maximum Gasteiger partial charge on any atom is 0.243 e. The van der Waals surface area contributed by atoms with Crippen LogP contribution in [0, 0.1) is 0 Å². The summed E-state index contributed by atoms with van der Waals surface area (Å²) in [5.74, 6) is -0.386. The fourth-order valence-corrected chi connectivity index (χ4v) is 2.12. The van der Waals surface area contributed by atoms with E-state index < -0.39 is 0 Å². The molecule has 106 valence electrons. The second-order valence-electron chi connectivity index (χ2n) is 4.73. The molecule has 2 N–H and O–H groups in total. The third-order valence-corrected chi connectivity index (χ3v) is 2.97. The maximum absolute atomic E-state index is 11.9. The molecule has 6 heteroatoms. The summed E-state index contributed by atoms with van der Waals surface area (Å²) >= 11 is 0. The molecule has 0 atom stereocenters. The lowest BCUT2D eigenvalue weighted by atomic mass is 10.2. The number of hydrogen-bond donors (Lipinski definition) is 2. The van der Waals surface area contributed by atoms with Crippen LogP contribution in [0.5, 0.6) is 0 Å². The summed E-state index contributed by atoms with van der Waals surface area (Å²) in [5.41, 5.74) is 1.21. The average Bonchev–Trinajstić information content (AvgIpc) is 2.74. The van der Waals surface area contributed by atoms with Gasteiger partial charge in [0.1, 0.15) is 0 Å². The van der Waals surface area contributed by atoms with Crippen molar-refractivity contribution in [1.29, 1.82) is 0 Å². The van der Waals surface area contributed by atoms with Crippen LogP contribution < -0.4 is 10.6 Å². The van der Waals surface area contributed by atoms with Crippen molar-refractivity contribution in [3.05, 3.63) is 24.3 Å². The predicted molar refractivity (Wildman–Crippen MR) is 75.2 cm³/mol. The molecule has 1 fully saturated rings. The van der Waals surface area contributed by atoms with Crippen LogP contribution in [0.25, 0.3) is 0 Å². The topological polar surface area (TPSA) is 78.5 Å². The minimum Gasteiger partial charge on any atom is -0.333 e. The van der Waals surface area contributed by atoms with Crippen LogP contribution in [-0.4, -0.2) is 35.7 Å². The highest BCUT2D eigenvalue weighted by molar-refractivity contribution is 5.96. The first kappa shape index (κ1) is 14.0. The number of benzene rings is 1. The van der Waals surface area contributed by atoms with Gasteiger partial charge in [0.25, 0.3) is 0 Å².